The number of amides is 1. The fraction of sp³-hybridized carbons (Fsp3) is 0.846. The molecule has 1 saturated heterocycles. The van der Waals surface area contributed by atoms with Crippen molar-refractivity contribution in [3.63, 3.8) is 0 Å². The van der Waals surface area contributed by atoms with Crippen molar-refractivity contribution in [3.05, 3.63) is 0 Å². The van der Waals surface area contributed by atoms with E-state index in [9.17, 15) is 9.59 Å². The number of carboxylic acids is 1. The maximum Gasteiger partial charge on any atom is 0.332 e. The van der Waals surface area contributed by atoms with E-state index >= 15 is 0 Å². The zero-order valence-electron chi connectivity index (χ0n) is 10.7. The molecular formula is C13H21NO4. The van der Waals surface area contributed by atoms with Crippen LogP contribution >= 0.6 is 0 Å². The summed E-state index contributed by atoms with van der Waals surface area (Å²) >= 11 is 0. The molecule has 2 aliphatic rings. The van der Waals surface area contributed by atoms with Gasteiger partial charge in [0, 0.05) is 6.54 Å². The first kappa shape index (κ1) is 13.3. The first-order valence-corrected chi connectivity index (χ1v) is 6.74. The van der Waals surface area contributed by atoms with Gasteiger partial charge in [-0.05, 0) is 31.1 Å². The molecule has 4 atom stereocenters. The van der Waals surface area contributed by atoms with Gasteiger partial charge in [0.25, 0.3) is 0 Å². The first-order valence-electron chi connectivity index (χ1n) is 6.74. The summed E-state index contributed by atoms with van der Waals surface area (Å²) in [6, 6.07) is 0. The van der Waals surface area contributed by atoms with Gasteiger partial charge in [-0.2, -0.15) is 0 Å². The molecule has 1 saturated carbocycles. The molecule has 4 unspecified atom stereocenters. The van der Waals surface area contributed by atoms with Crippen LogP contribution in [-0.4, -0.2) is 35.7 Å². The number of aliphatic carboxylic acids is 1. The molecule has 1 aliphatic carbocycles. The second kappa shape index (κ2) is 5.69. The number of carbonyl (C=O) groups is 2. The Kier molecular flexibility index (Phi) is 4.22. The molecule has 2 fully saturated rings. The van der Waals surface area contributed by atoms with E-state index in [0.717, 1.165) is 0 Å². The third-order valence-corrected chi connectivity index (χ3v) is 4.17. The van der Waals surface area contributed by atoms with Gasteiger partial charge in [-0.15, -0.1) is 0 Å². The lowest BCUT2D eigenvalue weighted by Crippen LogP contribution is -2.38. The number of ether oxygens (including phenoxy) is 1. The topological polar surface area (TPSA) is 75.6 Å². The van der Waals surface area contributed by atoms with E-state index in [1.165, 1.54) is 19.3 Å². The van der Waals surface area contributed by atoms with Crippen LogP contribution in [0, 0.1) is 11.8 Å². The number of carbonyl (C=O) groups excluding carboxylic acids is 1. The van der Waals surface area contributed by atoms with Crippen LogP contribution in [0.15, 0.2) is 0 Å². The van der Waals surface area contributed by atoms with Crippen molar-refractivity contribution in [3.8, 4) is 0 Å². The van der Waals surface area contributed by atoms with Crippen LogP contribution in [-0.2, 0) is 14.3 Å². The summed E-state index contributed by atoms with van der Waals surface area (Å²) in [5.41, 5.74) is 0. The minimum absolute atomic E-state index is 0.155. The predicted octanol–water partition coefficient (Wildman–Crippen LogP) is 1.17. The van der Waals surface area contributed by atoms with Crippen LogP contribution in [0.3, 0.4) is 0 Å². The molecular weight excluding hydrogens is 234 g/mol. The summed E-state index contributed by atoms with van der Waals surface area (Å²) in [5.74, 6) is 0.0970. The number of hydrogen-bond acceptors (Lipinski definition) is 3. The first-order chi connectivity index (χ1) is 8.58. The fourth-order valence-corrected chi connectivity index (χ4v) is 2.88. The lowest BCUT2D eigenvalue weighted by molar-refractivity contribution is -0.151. The second-order valence-electron chi connectivity index (χ2n) is 5.44. The van der Waals surface area contributed by atoms with Crippen LogP contribution in [0.25, 0.3) is 0 Å². The molecule has 0 aromatic heterocycles. The highest BCUT2D eigenvalue weighted by atomic mass is 16.5. The van der Waals surface area contributed by atoms with Crippen LogP contribution in [0.1, 0.15) is 39.0 Å². The fourth-order valence-electron chi connectivity index (χ4n) is 2.88. The molecule has 102 valence electrons. The molecule has 0 radical (unpaired) electrons. The van der Waals surface area contributed by atoms with Crippen molar-refractivity contribution in [1.29, 1.82) is 0 Å². The molecule has 0 bridgehead atoms. The van der Waals surface area contributed by atoms with E-state index in [2.05, 4.69) is 12.2 Å². The Morgan fingerprint density at radius 3 is 2.50 bits per heavy atom. The Morgan fingerprint density at radius 2 is 1.94 bits per heavy atom. The van der Waals surface area contributed by atoms with Gasteiger partial charge in [-0.3, -0.25) is 4.79 Å². The number of carboxylic acid groups (broad SMARTS) is 1. The third kappa shape index (κ3) is 3.02. The maximum atomic E-state index is 11.8. The standard InChI is InChI=1S/C13H21NO4/c1-8-3-2-4-9(8)7-14-12(15)10-5-6-11(18-10)13(16)17/h8-11H,2-7H2,1H3,(H,14,15)(H,16,17). The molecule has 1 heterocycles. The van der Waals surface area contributed by atoms with E-state index in [-0.39, 0.29) is 5.91 Å². The van der Waals surface area contributed by atoms with Crippen molar-refractivity contribution >= 4 is 11.9 Å². The molecule has 0 spiro atoms. The van der Waals surface area contributed by atoms with Gasteiger partial charge in [0.1, 0.15) is 6.10 Å². The highest BCUT2D eigenvalue weighted by Gasteiger charge is 2.35. The zero-order valence-corrected chi connectivity index (χ0v) is 10.7. The monoisotopic (exact) mass is 255 g/mol. The largest absolute Gasteiger partial charge is 0.479 e. The average Bonchev–Trinajstić information content (AvgIpc) is 2.94. The highest BCUT2D eigenvalue weighted by molar-refractivity contribution is 5.82. The van der Waals surface area contributed by atoms with Crippen LogP contribution in [0.4, 0.5) is 0 Å². The van der Waals surface area contributed by atoms with Gasteiger partial charge in [0.15, 0.2) is 6.10 Å². The van der Waals surface area contributed by atoms with E-state index in [4.69, 9.17) is 9.84 Å². The Hall–Kier alpha value is -1.10. The Bertz CT molecular complexity index is 331. The minimum atomic E-state index is -0.977. The van der Waals surface area contributed by atoms with Crippen molar-refractivity contribution in [2.24, 2.45) is 11.8 Å². The van der Waals surface area contributed by atoms with E-state index in [0.29, 0.717) is 31.2 Å². The van der Waals surface area contributed by atoms with Crippen molar-refractivity contribution in [2.75, 3.05) is 6.54 Å². The molecule has 0 aromatic carbocycles. The summed E-state index contributed by atoms with van der Waals surface area (Å²) in [7, 11) is 0. The van der Waals surface area contributed by atoms with Gasteiger partial charge >= 0.3 is 5.97 Å². The molecule has 2 N–H and O–H groups in total. The summed E-state index contributed by atoms with van der Waals surface area (Å²) < 4.78 is 5.22. The van der Waals surface area contributed by atoms with Gasteiger partial charge in [-0.1, -0.05) is 19.8 Å². The minimum Gasteiger partial charge on any atom is -0.479 e. The zero-order chi connectivity index (χ0) is 13.1. The molecule has 2 rings (SSSR count). The average molecular weight is 255 g/mol. The molecule has 0 aromatic rings. The molecule has 5 heteroatoms. The van der Waals surface area contributed by atoms with E-state index < -0.39 is 18.2 Å². The Labute approximate surface area is 107 Å². The summed E-state index contributed by atoms with van der Waals surface area (Å²) in [4.78, 5) is 22.6. The van der Waals surface area contributed by atoms with Crippen LogP contribution < -0.4 is 5.32 Å². The second-order valence-corrected chi connectivity index (χ2v) is 5.44. The van der Waals surface area contributed by atoms with E-state index in [1.54, 1.807) is 0 Å². The van der Waals surface area contributed by atoms with Gasteiger partial charge in [0.2, 0.25) is 5.91 Å². The van der Waals surface area contributed by atoms with Crippen molar-refractivity contribution in [1.82, 2.24) is 5.32 Å². The lowest BCUT2D eigenvalue weighted by atomic mass is 9.98. The van der Waals surface area contributed by atoms with Gasteiger partial charge in [0.05, 0.1) is 0 Å². The van der Waals surface area contributed by atoms with Crippen molar-refractivity contribution in [2.45, 2.75) is 51.2 Å². The summed E-state index contributed by atoms with van der Waals surface area (Å²) in [6.07, 6.45) is 3.18. The number of rotatable bonds is 4. The maximum absolute atomic E-state index is 11.8. The number of hydrogen-bond donors (Lipinski definition) is 2. The summed E-state index contributed by atoms with van der Waals surface area (Å²) in [5, 5.41) is 11.7. The molecule has 18 heavy (non-hydrogen) atoms. The predicted molar refractivity (Wildman–Crippen MR) is 65.0 cm³/mol. The molecule has 1 amide bonds. The summed E-state index contributed by atoms with van der Waals surface area (Å²) in [6.45, 7) is 2.91. The van der Waals surface area contributed by atoms with Crippen LogP contribution in [0.2, 0.25) is 0 Å². The highest BCUT2D eigenvalue weighted by Crippen LogP contribution is 2.30. The van der Waals surface area contributed by atoms with Crippen LogP contribution in [0.5, 0.6) is 0 Å². The van der Waals surface area contributed by atoms with Crippen molar-refractivity contribution < 1.29 is 19.4 Å². The smallest absolute Gasteiger partial charge is 0.332 e. The van der Waals surface area contributed by atoms with E-state index in [1.807, 2.05) is 0 Å². The normalized spacial score (nSPS) is 35.6. The molecule has 1 aliphatic heterocycles. The lowest BCUT2D eigenvalue weighted by Gasteiger charge is -2.17. The number of nitrogens with one attached hydrogen (secondary N) is 1. The SMILES string of the molecule is CC1CCCC1CNC(=O)C1CCC(C(=O)O)O1. The van der Waals surface area contributed by atoms with Gasteiger partial charge in [-0.25, -0.2) is 4.79 Å². The van der Waals surface area contributed by atoms with Gasteiger partial charge < -0.3 is 15.2 Å². The third-order valence-electron chi connectivity index (χ3n) is 4.17. The quantitative estimate of drug-likeness (QED) is 0.790. The Morgan fingerprint density at radius 1 is 1.22 bits per heavy atom. The Balaban J connectivity index is 1.74. The molecule has 5 nitrogen and oxygen atoms in total.